The second kappa shape index (κ2) is 7.95. The number of halogens is 3. The maximum Gasteiger partial charge on any atom is 0.125 e. The minimum absolute atomic E-state index is 0.214. The minimum atomic E-state index is -0.773. The number of H-pyrrole nitrogens is 1. The van der Waals surface area contributed by atoms with Gasteiger partial charge in [-0.05, 0) is 47.9 Å². The van der Waals surface area contributed by atoms with E-state index in [0.717, 1.165) is 10.9 Å². The zero-order valence-corrected chi connectivity index (χ0v) is 14.2. The van der Waals surface area contributed by atoms with Gasteiger partial charge in [-0.15, -0.1) is 0 Å². The van der Waals surface area contributed by atoms with Crippen LogP contribution in [0.4, 0.5) is 8.78 Å². The molecule has 6 heteroatoms. The summed E-state index contributed by atoms with van der Waals surface area (Å²) in [5.74, 6) is -0.314. The lowest BCUT2D eigenvalue weighted by Crippen LogP contribution is -2.36. The van der Waals surface area contributed by atoms with Gasteiger partial charge in [0.1, 0.15) is 12.5 Å². The first-order valence-electron chi connectivity index (χ1n) is 8.05. The molecule has 1 aromatic heterocycles. The van der Waals surface area contributed by atoms with E-state index in [1.165, 1.54) is 12.1 Å². The van der Waals surface area contributed by atoms with Gasteiger partial charge in [-0.1, -0.05) is 23.7 Å². The van der Waals surface area contributed by atoms with Gasteiger partial charge in [-0.2, -0.15) is 0 Å². The fourth-order valence-electron chi connectivity index (χ4n) is 2.88. The predicted octanol–water partition coefficient (Wildman–Crippen LogP) is 4.16. The fraction of sp³-hybridized carbons (Fsp3) is 0.263. The Bertz CT molecular complexity index is 852. The van der Waals surface area contributed by atoms with E-state index in [2.05, 4.69) is 10.3 Å². The highest BCUT2D eigenvalue weighted by atomic mass is 35.5. The third kappa shape index (κ3) is 4.37. The number of benzene rings is 2. The number of aromatic nitrogens is 1. The molecule has 0 amide bonds. The monoisotopic (exact) mass is 364 g/mol. The number of aromatic amines is 1. The summed E-state index contributed by atoms with van der Waals surface area (Å²) < 4.78 is 26.6. The molecule has 2 aromatic carbocycles. The maximum atomic E-state index is 13.4. The molecule has 2 unspecified atom stereocenters. The minimum Gasteiger partial charge on any atom is -0.387 e. The second-order valence-corrected chi connectivity index (χ2v) is 6.47. The highest BCUT2D eigenvalue weighted by Gasteiger charge is 2.15. The lowest BCUT2D eigenvalue weighted by atomic mass is 10.0. The van der Waals surface area contributed by atoms with Gasteiger partial charge in [0.15, 0.2) is 0 Å². The van der Waals surface area contributed by atoms with Crippen molar-refractivity contribution in [1.82, 2.24) is 10.3 Å². The Morgan fingerprint density at radius 2 is 2.04 bits per heavy atom. The fourth-order valence-corrected chi connectivity index (χ4v) is 3.08. The van der Waals surface area contributed by atoms with E-state index in [1.54, 1.807) is 36.5 Å². The molecule has 132 valence electrons. The zero-order valence-electron chi connectivity index (χ0n) is 13.5. The van der Waals surface area contributed by atoms with E-state index in [1.807, 2.05) is 0 Å². The van der Waals surface area contributed by atoms with E-state index >= 15 is 0 Å². The molecule has 0 aliphatic carbocycles. The standard InChI is InChI=1S/C19H19ClF2N2O/c20-14-3-1-2-12(6-14)19(25)11-23-16(9-21)7-13-10-24-18-8-15(22)4-5-17(13)18/h1-6,8,10,16,19,23-25H,7,9,11H2. The van der Waals surface area contributed by atoms with Crippen molar-refractivity contribution in [2.45, 2.75) is 18.6 Å². The first kappa shape index (κ1) is 17.9. The van der Waals surface area contributed by atoms with Crippen molar-refractivity contribution in [1.29, 1.82) is 0 Å². The third-order valence-corrected chi connectivity index (χ3v) is 4.45. The van der Waals surface area contributed by atoms with Crippen molar-refractivity contribution in [2.75, 3.05) is 13.2 Å². The molecule has 0 radical (unpaired) electrons. The molecule has 0 bridgehead atoms. The van der Waals surface area contributed by atoms with Crippen molar-refractivity contribution in [3.05, 3.63) is 70.6 Å². The van der Waals surface area contributed by atoms with Crippen molar-refractivity contribution < 1.29 is 13.9 Å². The van der Waals surface area contributed by atoms with Crippen LogP contribution < -0.4 is 5.32 Å². The molecule has 1 heterocycles. The van der Waals surface area contributed by atoms with Gasteiger partial charge in [-0.25, -0.2) is 8.78 Å². The average molecular weight is 365 g/mol. The van der Waals surface area contributed by atoms with Crippen LogP contribution in [0.1, 0.15) is 17.2 Å². The Hall–Kier alpha value is -1.95. The Balaban J connectivity index is 1.64. The summed E-state index contributed by atoms with van der Waals surface area (Å²) in [4.78, 5) is 3.00. The van der Waals surface area contributed by atoms with Crippen LogP contribution in [0, 0.1) is 5.82 Å². The van der Waals surface area contributed by atoms with Gasteiger partial charge >= 0.3 is 0 Å². The molecule has 3 rings (SSSR count). The predicted molar refractivity (Wildman–Crippen MR) is 96.1 cm³/mol. The quantitative estimate of drug-likeness (QED) is 0.589. The molecule has 0 aliphatic rings. The molecule has 0 aliphatic heterocycles. The number of aliphatic hydroxyl groups excluding tert-OH is 1. The van der Waals surface area contributed by atoms with Gasteiger partial charge in [-0.3, -0.25) is 0 Å². The molecule has 3 aromatic rings. The van der Waals surface area contributed by atoms with E-state index in [0.29, 0.717) is 22.5 Å². The molecule has 3 N–H and O–H groups in total. The van der Waals surface area contributed by atoms with Crippen LogP contribution in [-0.4, -0.2) is 29.4 Å². The zero-order chi connectivity index (χ0) is 17.8. The van der Waals surface area contributed by atoms with Crippen molar-refractivity contribution >= 4 is 22.5 Å². The average Bonchev–Trinajstić information content (AvgIpc) is 3.00. The van der Waals surface area contributed by atoms with Crippen molar-refractivity contribution in [3.63, 3.8) is 0 Å². The summed E-state index contributed by atoms with van der Waals surface area (Å²) in [7, 11) is 0. The first-order chi connectivity index (χ1) is 12.1. The second-order valence-electron chi connectivity index (χ2n) is 6.04. The van der Waals surface area contributed by atoms with Gasteiger partial charge in [0, 0.05) is 34.7 Å². The van der Waals surface area contributed by atoms with Crippen LogP contribution in [0.3, 0.4) is 0 Å². The van der Waals surface area contributed by atoms with Crippen molar-refractivity contribution in [3.8, 4) is 0 Å². The van der Waals surface area contributed by atoms with Gasteiger partial charge in [0.2, 0.25) is 0 Å². The summed E-state index contributed by atoms with van der Waals surface area (Å²) in [5, 5.41) is 14.7. The smallest absolute Gasteiger partial charge is 0.125 e. The molecule has 25 heavy (non-hydrogen) atoms. The van der Waals surface area contributed by atoms with Crippen molar-refractivity contribution in [2.24, 2.45) is 0 Å². The van der Waals surface area contributed by atoms with E-state index in [4.69, 9.17) is 11.6 Å². The molecule has 0 saturated heterocycles. The Morgan fingerprint density at radius 1 is 1.20 bits per heavy atom. The largest absolute Gasteiger partial charge is 0.387 e. The highest BCUT2D eigenvalue weighted by Crippen LogP contribution is 2.21. The SMILES string of the molecule is OC(CNC(CF)Cc1c[nH]c2cc(F)ccc12)c1cccc(Cl)c1. The molecule has 3 nitrogen and oxygen atoms in total. The van der Waals surface area contributed by atoms with E-state index in [9.17, 15) is 13.9 Å². The lowest BCUT2D eigenvalue weighted by molar-refractivity contribution is 0.166. The first-order valence-corrected chi connectivity index (χ1v) is 8.43. The maximum absolute atomic E-state index is 13.4. The number of hydrogen-bond acceptors (Lipinski definition) is 2. The molecule has 0 saturated carbocycles. The normalized spacial score (nSPS) is 13.9. The summed E-state index contributed by atoms with van der Waals surface area (Å²) in [6.07, 6.45) is 1.43. The molecule has 0 fully saturated rings. The molecule has 2 atom stereocenters. The number of rotatable bonds is 7. The van der Waals surface area contributed by atoms with Crippen LogP contribution in [0.5, 0.6) is 0 Å². The van der Waals surface area contributed by atoms with Crippen LogP contribution in [0.15, 0.2) is 48.7 Å². The van der Waals surface area contributed by atoms with Gasteiger partial charge in [0.05, 0.1) is 6.10 Å². The molecule has 0 spiro atoms. The van der Waals surface area contributed by atoms with Gasteiger partial charge < -0.3 is 15.4 Å². The Morgan fingerprint density at radius 3 is 2.80 bits per heavy atom. The number of aliphatic hydroxyl groups is 1. The third-order valence-electron chi connectivity index (χ3n) is 4.22. The summed E-state index contributed by atoms with van der Waals surface area (Å²) in [6.45, 7) is -0.359. The van der Waals surface area contributed by atoms with Crippen LogP contribution >= 0.6 is 11.6 Å². The Labute approximate surface area is 149 Å². The van der Waals surface area contributed by atoms with E-state index < -0.39 is 18.8 Å². The van der Waals surface area contributed by atoms with Crippen LogP contribution in [0.25, 0.3) is 10.9 Å². The van der Waals surface area contributed by atoms with Crippen LogP contribution in [-0.2, 0) is 6.42 Å². The molecular weight excluding hydrogens is 346 g/mol. The van der Waals surface area contributed by atoms with E-state index in [-0.39, 0.29) is 12.4 Å². The Kier molecular flexibility index (Phi) is 5.68. The number of fused-ring (bicyclic) bond motifs is 1. The summed E-state index contributed by atoms with van der Waals surface area (Å²) >= 11 is 5.92. The molecular formula is C19H19ClF2N2O. The summed E-state index contributed by atoms with van der Waals surface area (Å²) in [6, 6.07) is 11.0. The topological polar surface area (TPSA) is 48.0 Å². The number of nitrogens with one attached hydrogen (secondary N) is 2. The van der Waals surface area contributed by atoms with Crippen LogP contribution in [0.2, 0.25) is 5.02 Å². The lowest BCUT2D eigenvalue weighted by Gasteiger charge is -2.18. The number of hydrogen-bond donors (Lipinski definition) is 3. The summed E-state index contributed by atoms with van der Waals surface area (Å²) in [5.41, 5.74) is 2.27. The highest BCUT2D eigenvalue weighted by molar-refractivity contribution is 6.30. The number of alkyl halides is 1. The van der Waals surface area contributed by atoms with Gasteiger partial charge in [0.25, 0.3) is 0 Å².